The highest BCUT2D eigenvalue weighted by Gasteiger charge is 2.25. The summed E-state index contributed by atoms with van der Waals surface area (Å²) in [6.07, 6.45) is 0. The summed E-state index contributed by atoms with van der Waals surface area (Å²) in [7, 11) is 2.64. The molecule has 2 aromatic rings. The minimum atomic E-state index is -0.485. The monoisotopic (exact) mass is 301 g/mol. The van der Waals surface area contributed by atoms with E-state index < -0.39 is 11.9 Å². The molecular formula is C17H19NO4. The quantitative estimate of drug-likeness (QED) is 0.815. The van der Waals surface area contributed by atoms with E-state index in [9.17, 15) is 9.59 Å². The average molecular weight is 301 g/mol. The molecule has 5 nitrogen and oxygen atoms in total. The lowest BCUT2D eigenvalue weighted by atomic mass is 10.1. The number of ether oxygens (including phenoxy) is 2. The first-order valence-corrected chi connectivity index (χ1v) is 6.94. The third-order valence-corrected chi connectivity index (χ3v) is 3.76. The third-order valence-electron chi connectivity index (χ3n) is 3.76. The lowest BCUT2D eigenvalue weighted by Gasteiger charge is -2.19. The molecule has 2 rings (SSSR count). The SMILES string of the molecule is COC(=O)c1cc(C(=O)OC)n(C(C)c2ccccc2)c1C. The van der Waals surface area contributed by atoms with Crippen LogP contribution in [0, 0.1) is 6.92 Å². The Bertz CT molecular complexity index is 688. The number of hydrogen-bond acceptors (Lipinski definition) is 4. The zero-order valence-corrected chi connectivity index (χ0v) is 13.1. The topological polar surface area (TPSA) is 57.5 Å². The number of rotatable bonds is 4. The number of hydrogen-bond donors (Lipinski definition) is 0. The Balaban J connectivity index is 2.60. The van der Waals surface area contributed by atoms with Gasteiger partial charge >= 0.3 is 11.9 Å². The van der Waals surface area contributed by atoms with Crippen molar-refractivity contribution in [3.8, 4) is 0 Å². The van der Waals surface area contributed by atoms with Crippen LogP contribution in [0.3, 0.4) is 0 Å². The van der Waals surface area contributed by atoms with E-state index in [4.69, 9.17) is 9.47 Å². The Morgan fingerprint density at radius 2 is 1.64 bits per heavy atom. The highest BCUT2D eigenvalue weighted by atomic mass is 16.5. The molecule has 0 N–H and O–H groups in total. The second-order valence-electron chi connectivity index (χ2n) is 4.97. The van der Waals surface area contributed by atoms with E-state index in [1.165, 1.54) is 20.3 Å². The van der Waals surface area contributed by atoms with Crippen molar-refractivity contribution in [3.63, 3.8) is 0 Å². The summed E-state index contributed by atoms with van der Waals surface area (Å²) in [5.74, 6) is -0.956. The van der Waals surface area contributed by atoms with E-state index >= 15 is 0 Å². The van der Waals surface area contributed by atoms with E-state index in [1.54, 1.807) is 11.5 Å². The number of nitrogens with zero attached hydrogens (tertiary/aromatic N) is 1. The second kappa shape index (κ2) is 6.47. The van der Waals surface area contributed by atoms with E-state index in [0.29, 0.717) is 17.0 Å². The molecule has 1 unspecified atom stereocenters. The molecule has 1 aromatic heterocycles. The van der Waals surface area contributed by atoms with Gasteiger partial charge < -0.3 is 14.0 Å². The van der Waals surface area contributed by atoms with Gasteiger partial charge in [0.15, 0.2) is 0 Å². The summed E-state index contributed by atoms with van der Waals surface area (Å²) in [4.78, 5) is 23.9. The Hall–Kier alpha value is -2.56. The molecule has 0 saturated heterocycles. The molecule has 0 aliphatic carbocycles. The zero-order chi connectivity index (χ0) is 16.3. The Kier molecular flexibility index (Phi) is 4.65. The molecule has 0 spiro atoms. The molecule has 0 radical (unpaired) electrons. The molecule has 0 fully saturated rings. The van der Waals surface area contributed by atoms with Crippen LogP contribution < -0.4 is 0 Å². The number of esters is 2. The number of aromatic nitrogens is 1. The lowest BCUT2D eigenvalue weighted by molar-refractivity contribution is 0.0585. The van der Waals surface area contributed by atoms with Crippen LogP contribution in [0.2, 0.25) is 0 Å². The van der Waals surface area contributed by atoms with Crippen LogP contribution in [0.1, 0.15) is 45.1 Å². The molecule has 0 aliphatic heterocycles. The van der Waals surface area contributed by atoms with Crippen LogP contribution in [0.4, 0.5) is 0 Å². The van der Waals surface area contributed by atoms with Crippen molar-refractivity contribution in [1.29, 1.82) is 0 Å². The van der Waals surface area contributed by atoms with Crippen LogP contribution >= 0.6 is 0 Å². The van der Waals surface area contributed by atoms with Crippen molar-refractivity contribution in [2.24, 2.45) is 0 Å². The van der Waals surface area contributed by atoms with Crippen molar-refractivity contribution in [3.05, 3.63) is 58.9 Å². The largest absolute Gasteiger partial charge is 0.465 e. The summed E-state index contributed by atoms with van der Waals surface area (Å²) in [5, 5.41) is 0. The van der Waals surface area contributed by atoms with Crippen molar-refractivity contribution in [2.45, 2.75) is 19.9 Å². The van der Waals surface area contributed by atoms with Gasteiger partial charge in [0.25, 0.3) is 0 Å². The minimum absolute atomic E-state index is 0.117. The van der Waals surface area contributed by atoms with Gasteiger partial charge in [-0.2, -0.15) is 0 Å². The highest BCUT2D eigenvalue weighted by molar-refractivity contribution is 5.96. The van der Waals surface area contributed by atoms with Gasteiger partial charge in [-0.25, -0.2) is 9.59 Å². The standard InChI is InChI=1S/C17H19NO4/c1-11(13-8-6-5-7-9-13)18-12(2)14(16(19)21-3)10-15(18)17(20)22-4/h5-11H,1-4H3. The summed E-state index contributed by atoms with van der Waals surface area (Å²) >= 11 is 0. The number of carbonyl (C=O) groups is 2. The van der Waals surface area contributed by atoms with Crippen LogP contribution in [0.15, 0.2) is 36.4 Å². The molecule has 116 valence electrons. The molecule has 0 aliphatic rings. The lowest BCUT2D eigenvalue weighted by Crippen LogP contribution is -2.16. The highest BCUT2D eigenvalue weighted by Crippen LogP contribution is 2.26. The predicted octanol–water partition coefficient (Wildman–Crippen LogP) is 2.98. The first kappa shape index (κ1) is 15.8. The smallest absolute Gasteiger partial charge is 0.354 e. The summed E-state index contributed by atoms with van der Waals surface area (Å²) in [6, 6.07) is 11.2. The average Bonchev–Trinajstić information content (AvgIpc) is 2.90. The minimum Gasteiger partial charge on any atom is -0.465 e. The second-order valence-corrected chi connectivity index (χ2v) is 4.97. The fraction of sp³-hybridized carbons (Fsp3) is 0.294. The molecule has 0 amide bonds. The number of benzene rings is 1. The normalized spacial score (nSPS) is 11.8. The van der Waals surface area contributed by atoms with Gasteiger partial charge in [0.05, 0.1) is 25.8 Å². The molecule has 0 saturated carbocycles. The van der Waals surface area contributed by atoms with Gasteiger partial charge in [0.1, 0.15) is 5.69 Å². The van der Waals surface area contributed by atoms with Crippen LogP contribution in [-0.2, 0) is 9.47 Å². The van der Waals surface area contributed by atoms with Crippen molar-refractivity contribution in [1.82, 2.24) is 4.57 Å². The first-order chi connectivity index (χ1) is 10.5. The molecule has 1 aromatic carbocycles. The fourth-order valence-electron chi connectivity index (χ4n) is 2.58. The summed E-state index contributed by atoms with van der Waals surface area (Å²) in [6.45, 7) is 3.76. The van der Waals surface area contributed by atoms with Gasteiger partial charge in [0, 0.05) is 5.69 Å². The van der Waals surface area contributed by atoms with E-state index in [1.807, 2.05) is 37.3 Å². The maximum Gasteiger partial charge on any atom is 0.354 e. The number of carbonyl (C=O) groups excluding carboxylic acids is 2. The van der Waals surface area contributed by atoms with E-state index in [0.717, 1.165) is 5.56 Å². The molecule has 5 heteroatoms. The van der Waals surface area contributed by atoms with Crippen LogP contribution in [0.5, 0.6) is 0 Å². The van der Waals surface area contributed by atoms with Crippen molar-refractivity contribution >= 4 is 11.9 Å². The first-order valence-electron chi connectivity index (χ1n) is 6.94. The van der Waals surface area contributed by atoms with Gasteiger partial charge in [-0.05, 0) is 25.5 Å². The van der Waals surface area contributed by atoms with Crippen molar-refractivity contribution < 1.29 is 19.1 Å². The summed E-state index contributed by atoms with van der Waals surface area (Å²) < 4.78 is 11.4. The predicted molar refractivity (Wildman–Crippen MR) is 82.1 cm³/mol. The van der Waals surface area contributed by atoms with Crippen LogP contribution in [-0.4, -0.2) is 30.7 Å². The molecule has 22 heavy (non-hydrogen) atoms. The molecular weight excluding hydrogens is 282 g/mol. The number of methoxy groups -OCH3 is 2. The Labute approximate surface area is 129 Å². The summed E-state index contributed by atoms with van der Waals surface area (Å²) in [5.41, 5.74) is 2.40. The van der Waals surface area contributed by atoms with Gasteiger partial charge in [-0.1, -0.05) is 30.3 Å². The zero-order valence-electron chi connectivity index (χ0n) is 13.1. The molecule has 1 heterocycles. The fourth-order valence-corrected chi connectivity index (χ4v) is 2.58. The van der Waals surface area contributed by atoms with Gasteiger partial charge in [0.2, 0.25) is 0 Å². The van der Waals surface area contributed by atoms with Gasteiger partial charge in [-0.3, -0.25) is 0 Å². The van der Waals surface area contributed by atoms with Crippen molar-refractivity contribution in [2.75, 3.05) is 14.2 Å². The van der Waals surface area contributed by atoms with E-state index in [-0.39, 0.29) is 6.04 Å². The van der Waals surface area contributed by atoms with Crippen LogP contribution in [0.25, 0.3) is 0 Å². The maximum absolute atomic E-state index is 12.1. The Morgan fingerprint density at radius 3 is 2.18 bits per heavy atom. The molecule has 0 bridgehead atoms. The van der Waals surface area contributed by atoms with E-state index in [2.05, 4.69) is 0 Å². The third kappa shape index (κ3) is 2.74. The van der Waals surface area contributed by atoms with Gasteiger partial charge in [-0.15, -0.1) is 0 Å². The maximum atomic E-state index is 12.1. The Morgan fingerprint density at radius 1 is 1.05 bits per heavy atom. The molecule has 1 atom stereocenters.